The average Bonchev–Trinajstić information content (AvgIpc) is 2.45. The molecule has 0 aliphatic carbocycles. The molecule has 0 aliphatic rings. The van der Waals surface area contributed by atoms with Crippen LogP contribution in [0.3, 0.4) is 0 Å². The normalized spacial score (nSPS) is 11.3. The van der Waals surface area contributed by atoms with E-state index in [-0.39, 0.29) is 22.5 Å². The lowest BCUT2D eigenvalue weighted by Crippen LogP contribution is -2.15. The van der Waals surface area contributed by atoms with Crippen LogP contribution in [0.25, 0.3) is 0 Å². The monoisotopic (exact) mass is 328 g/mol. The molecule has 1 N–H and O–H groups in total. The van der Waals surface area contributed by atoms with Crippen molar-refractivity contribution in [2.75, 3.05) is 11.1 Å². The lowest BCUT2D eigenvalue weighted by atomic mass is 10.3. The first kappa shape index (κ1) is 16.2. The van der Waals surface area contributed by atoms with Crippen molar-refractivity contribution in [3.8, 4) is 0 Å². The highest BCUT2D eigenvalue weighted by molar-refractivity contribution is 7.99. The van der Waals surface area contributed by atoms with Crippen molar-refractivity contribution >= 4 is 23.4 Å². The molecule has 0 bridgehead atoms. The van der Waals surface area contributed by atoms with Crippen molar-refractivity contribution < 1.29 is 18.0 Å². The van der Waals surface area contributed by atoms with E-state index in [1.54, 1.807) is 18.3 Å². The number of anilines is 1. The third-order valence-corrected chi connectivity index (χ3v) is 3.25. The van der Waals surface area contributed by atoms with E-state index in [0.29, 0.717) is 5.69 Å². The fourth-order valence-electron chi connectivity index (χ4n) is 1.51. The number of aryl methyl sites for hydroxylation is 1. The van der Waals surface area contributed by atoms with Crippen molar-refractivity contribution in [1.29, 1.82) is 0 Å². The van der Waals surface area contributed by atoms with Crippen LogP contribution in [0.2, 0.25) is 0 Å². The predicted molar refractivity (Wildman–Crippen MR) is 75.4 cm³/mol. The summed E-state index contributed by atoms with van der Waals surface area (Å²) in [6.45, 7) is 1.44. The molecule has 2 rings (SSSR count). The first-order valence-electron chi connectivity index (χ1n) is 6.10. The van der Waals surface area contributed by atoms with Gasteiger partial charge in [-0.15, -0.1) is 0 Å². The third kappa shape index (κ3) is 4.69. The summed E-state index contributed by atoms with van der Waals surface area (Å²) in [6.07, 6.45) is -1.52. The second-order valence-corrected chi connectivity index (χ2v) is 5.20. The molecule has 0 fully saturated rings. The first-order chi connectivity index (χ1) is 10.3. The zero-order valence-electron chi connectivity index (χ0n) is 11.4. The number of nitrogens with one attached hydrogen (secondary N) is 1. The van der Waals surface area contributed by atoms with Crippen molar-refractivity contribution in [3.63, 3.8) is 0 Å². The second kappa shape index (κ2) is 6.73. The fraction of sp³-hybridized carbons (Fsp3) is 0.231. The van der Waals surface area contributed by atoms with Crippen LogP contribution in [-0.2, 0) is 11.0 Å². The van der Waals surface area contributed by atoms with Crippen LogP contribution in [-0.4, -0.2) is 26.6 Å². The number of carbonyl (C=O) groups is 1. The maximum absolute atomic E-state index is 12.6. The highest BCUT2D eigenvalue weighted by atomic mass is 32.2. The Hall–Kier alpha value is -2.16. The molecule has 116 valence electrons. The van der Waals surface area contributed by atoms with Gasteiger partial charge in [-0.05, 0) is 25.1 Å². The summed E-state index contributed by atoms with van der Waals surface area (Å²) >= 11 is 0.838. The molecule has 22 heavy (non-hydrogen) atoms. The Labute approximate surface area is 128 Å². The molecule has 2 aromatic rings. The number of rotatable bonds is 4. The minimum atomic E-state index is -4.54. The number of alkyl halides is 3. The molecular formula is C13H11F3N4OS. The van der Waals surface area contributed by atoms with Crippen LogP contribution in [0.15, 0.2) is 35.7 Å². The molecule has 0 aliphatic heterocycles. The molecular weight excluding hydrogens is 317 g/mol. The van der Waals surface area contributed by atoms with Crippen molar-refractivity contribution in [2.45, 2.75) is 18.3 Å². The Morgan fingerprint density at radius 3 is 2.77 bits per heavy atom. The molecule has 0 radical (unpaired) electrons. The van der Waals surface area contributed by atoms with Gasteiger partial charge < -0.3 is 5.32 Å². The highest BCUT2D eigenvalue weighted by Crippen LogP contribution is 2.29. The lowest BCUT2D eigenvalue weighted by molar-refractivity contribution is -0.141. The SMILES string of the molecule is Cc1cc(C(F)(F)F)nc(SCC(=O)Nc2cccnc2)n1. The molecule has 0 saturated heterocycles. The Kier molecular flexibility index (Phi) is 4.96. The molecule has 0 unspecified atom stereocenters. The van der Waals surface area contributed by atoms with Crippen LogP contribution < -0.4 is 5.32 Å². The summed E-state index contributed by atoms with van der Waals surface area (Å²) in [4.78, 5) is 22.9. The van der Waals surface area contributed by atoms with Crippen LogP contribution in [0.5, 0.6) is 0 Å². The van der Waals surface area contributed by atoms with Gasteiger partial charge in [0.2, 0.25) is 5.91 Å². The predicted octanol–water partition coefficient (Wildman–Crippen LogP) is 2.93. The van der Waals surface area contributed by atoms with Gasteiger partial charge in [-0.2, -0.15) is 13.2 Å². The quantitative estimate of drug-likeness (QED) is 0.690. The Bertz CT molecular complexity index is 664. The first-order valence-corrected chi connectivity index (χ1v) is 7.09. The summed E-state index contributed by atoms with van der Waals surface area (Å²) in [5.74, 6) is -0.480. The van der Waals surface area contributed by atoms with Crippen LogP contribution in [0, 0.1) is 6.92 Å². The Morgan fingerprint density at radius 2 is 2.14 bits per heavy atom. The van der Waals surface area contributed by atoms with E-state index >= 15 is 0 Å². The molecule has 2 aromatic heterocycles. The Morgan fingerprint density at radius 1 is 1.36 bits per heavy atom. The summed E-state index contributed by atoms with van der Waals surface area (Å²) in [6, 6.07) is 4.17. The molecule has 2 heterocycles. The number of carbonyl (C=O) groups excluding carboxylic acids is 1. The van der Waals surface area contributed by atoms with Gasteiger partial charge >= 0.3 is 6.18 Å². The van der Waals surface area contributed by atoms with Gasteiger partial charge in [0, 0.05) is 11.9 Å². The zero-order valence-corrected chi connectivity index (χ0v) is 12.2. The van der Waals surface area contributed by atoms with E-state index < -0.39 is 11.9 Å². The van der Waals surface area contributed by atoms with Gasteiger partial charge in [-0.1, -0.05) is 11.8 Å². The van der Waals surface area contributed by atoms with E-state index in [4.69, 9.17) is 0 Å². The van der Waals surface area contributed by atoms with Crippen molar-refractivity contribution in [3.05, 3.63) is 42.0 Å². The largest absolute Gasteiger partial charge is 0.433 e. The van der Waals surface area contributed by atoms with E-state index in [0.717, 1.165) is 17.8 Å². The van der Waals surface area contributed by atoms with Gasteiger partial charge in [0.05, 0.1) is 17.6 Å². The number of hydrogen-bond acceptors (Lipinski definition) is 5. The van der Waals surface area contributed by atoms with Crippen molar-refractivity contribution in [1.82, 2.24) is 15.0 Å². The van der Waals surface area contributed by atoms with Gasteiger partial charge in [0.25, 0.3) is 0 Å². The van der Waals surface area contributed by atoms with Crippen LogP contribution in [0.1, 0.15) is 11.4 Å². The zero-order chi connectivity index (χ0) is 16.2. The minimum absolute atomic E-state index is 0.0892. The number of hydrogen-bond donors (Lipinski definition) is 1. The number of halogens is 3. The Balaban J connectivity index is 1.99. The maximum Gasteiger partial charge on any atom is 0.433 e. The summed E-state index contributed by atoms with van der Waals surface area (Å²) in [5.41, 5.74) is -0.318. The smallest absolute Gasteiger partial charge is 0.324 e. The maximum atomic E-state index is 12.6. The molecule has 0 spiro atoms. The molecule has 9 heteroatoms. The molecule has 0 aromatic carbocycles. The van der Waals surface area contributed by atoms with Gasteiger partial charge in [-0.3, -0.25) is 9.78 Å². The molecule has 0 saturated carbocycles. The molecule has 0 atom stereocenters. The van der Waals surface area contributed by atoms with E-state index in [2.05, 4.69) is 20.3 Å². The summed E-state index contributed by atoms with van der Waals surface area (Å²) in [5, 5.41) is 2.48. The fourth-order valence-corrected chi connectivity index (χ4v) is 2.22. The van der Waals surface area contributed by atoms with E-state index in [9.17, 15) is 18.0 Å². The average molecular weight is 328 g/mol. The summed E-state index contributed by atoms with van der Waals surface area (Å²) < 4.78 is 37.9. The third-order valence-electron chi connectivity index (χ3n) is 2.40. The lowest BCUT2D eigenvalue weighted by Gasteiger charge is -2.08. The molecule has 5 nitrogen and oxygen atoms in total. The molecule has 1 amide bonds. The van der Waals surface area contributed by atoms with E-state index in [1.165, 1.54) is 13.1 Å². The summed E-state index contributed by atoms with van der Waals surface area (Å²) in [7, 11) is 0. The number of aromatic nitrogens is 3. The number of nitrogens with zero attached hydrogens (tertiary/aromatic N) is 3. The highest BCUT2D eigenvalue weighted by Gasteiger charge is 2.33. The second-order valence-electron chi connectivity index (χ2n) is 4.25. The van der Waals surface area contributed by atoms with Crippen molar-refractivity contribution in [2.24, 2.45) is 0 Å². The standard InChI is InChI=1S/C13H11F3N4OS/c1-8-5-10(13(14,15)16)20-12(18-8)22-7-11(21)19-9-3-2-4-17-6-9/h2-6H,7H2,1H3,(H,19,21). The van der Waals surface area contributed by atoms with Crippen LogP contribution in [0.4, 0.5) is 18.9 Å². The topological polar surface area (TPSA) is 67.8 Å². The van der Waals surface area contributed by atoms with E-state index in [1.807, 2.05) is 0 Å². The van der Waals surface area contributed by atoms with Gasteiger partial charge in [-0.25, -0.2) is 9.97 Å². The minimum Gasteiger partial charge on any atom is -0.324 e. The number of pyridine rings is 1. The van der Waals surface area contributed by atoms with Crippen LogP contribution >= 0.6 is 11.8 Å². The number of thioether (sulfide) groups is 1. The number of amides is 1. The van der Waals surface area contributed by atoms with Gasteiger partial charge in [0.1, 0.15) is 5.69 Å². The van der Waals surface area contributed by atoms with Gasteiger partial charge in [0.15, 0.2) is 5.16 Å².